The Bertz CT molecular complexity index is 932. The maximum absolute atomic E-state index is 11.1. The summed E-state index contributed by atoms with van der Waals surface area (Å²) < 4.78 is 6.39. The van der Waals surface area contributed by atoms with E-state index in [1.165, 1.54) is 6.07 Å². The summed E-state index contributed by atoms with van der Waals surface area (Å²) in [7, 11) is 0. The van der Waals surface area contributed by atoms with Gasteiger partial charge in [-0.05, 0) is 49.8 Å². The van der Waals surface area contributed by atoms with Gasteiger partial charge < -0.3 is 10.1 Å². The molecule has 7 heteroatoms. The fourth-order valence-electron chi connectivity index (χ4n) is 3.87. The fraction of sp³-hybridized carbons (Fsp3) is 0.316. The normalized spacial score (nSPS) is 26.6. The van der Waals surface area contributed by atoms with Gasteiger partial charge in [0.25, 0.3) is 5.69 Å². The molecule has 4 rings (SSSR count). The van der Waals surface area contributed by atoms with E-state index in [0.29, 0.717) is 10.9 Å². The smallest absolute Gasteiger partial charge is 0.270 e. The Kier molecular flexibility index (Phi) is 3.66. The highest BCUT2D eigenvalue weighted by atomic mass is 32.1. The van der Waals surface area contributed by atoms with Gasteiger partial charge in [0.15, 0.2) is 10.8 Å². The molecule has 26 heavy (non-hydrogen) atoms. The van der Waals surface area contributed by atoms with Gasteiger partial charge in [-0.1, -0.05) is 19.1 Å². The van der Waals surface area contributed by atoms with Crippen molar-refractivity contribution in [2.24, 2.45) is 5.92 Å². The van der Waals surface area contributed by atoms with Crippen LogP contribution in [0, 0.1) is 23.0 Å². The molecule has 0 amide bonds. The van der Waals surface area contributed by atoms with E-state index in [4.69, 9.17) is 17.0 Å². The first-order valence-corrected chi connectivity index (χ1v) is 8.87. The molecule has 6 nitrogen and oxygen atoms in total. The van der Waals surface area contributed by atoms with Crippen LogP contribution in [0.15, 0.2) is 42.5 Å². The third kappa shape index (κ3) is 2.34. The minimum absolute atomic E-state index is 0.0178. The molecule has 134 valence electrons. The van der Waals surface area contributed by atoms with E-state index < -0.39 is 5.72 Å². The lowest BCUT2D eigenvalue weighted by atomic mass is 9.80. The zero-order valence-electron chi connectivity index (χ0n) is 14.7. The van der Waals surface area contributed by atoms with Crippen LogP contribution in [0.25, 0.3) is 0 Å². The van der Waals surface area contributed by atoms with Gasteiger partial charge >= 0.3 is 0 Å². The molecule has 0 saturated carbocycles. The average molecular weight is 369 g/mol. The fourth-order valence-corrected chi connectivity index (χ4v) is 4.29. The van der Waals surface area contributed by atoms with Gasteiger partial charge in [-0.3, -0.25) is 15.0 Å². The van der Waals surface area contributed by atoms with E-state index in [1.807, 2.05) is 36.9 Å². The van der Waals surface area contributed by atoms with Crippen LogP contribution in [-0.4, -0.2) is 15.8 Å². The van der Waals surface area contributed by atoms with Gasteiger partial charge in [0.1, 0.15) is 5.75 Å². The van der Waals surface area contributed by atoms with Crippen molar-refractivity contribution in [3.05, 3.63) is 63.7 Å². The zero-order valence-corrected chi connectivity index (χ0v) is 15.5. The molecule has 2 aromatic carbocycles. The van der Waals surface area contributed by atoms with Crippen LogP contribution in [0.2, 0.25) is 0 Å². The number of hydrogen-bond donors (Lipinski definition) is 1. The molecule has 0 aromatic heterocycles. The molecule has 0 radical (unpaired) electrons. The Labute approximate surface area is 156 Å². The second kappa shape index (κ2) is 5.67. The third-order valence-corrected chi connectivity index (χ3v) is 5.69. The predicted octanol–water partition coefficient (Wildman–Crippen LogP) is 4.08. The third-order valence-electron chi connectivity index (χ3n) is 5.39. The molecule has 2 aliphatic rings. The second-order valence-corrected chi connectivity index (χ2v) is 7.41. The molecular formula is C19H19N3O3S. The molecule has 3 atom stereocenters. The van der Waals surface area contributed by atoms with Crippen molar-refractivity contribution >= 4 is 28.7 Å². The van der Waals surface area contributed by atoms with Crippen LogP contribution in [-0.2, 0) is 0 Å². The molecular weight excluding hydrogens is 350 g/mol. The standard InChI is InChI=1S/C19H19N3O3S/c1-11-5-4-6-13(9-11)21-18(26)20-17-12(2)19(21,3)25-16-8-7-14(22(23)24)10-15(16)17/h4-10,12,17H,1-3H3,(H,20,26)/t12-,17+,19-/m0/s1. The van der Waals surface area contributed by atoms with Crippen LogP contribution >= 0.6 is 12.2 Å². The number of nitrogens with one attached hydrogen (secondary N) is 1. The number of non-ortho nitro benzene ring substituents is 1. The minimum atomic E-state index is -0.691. The van der Waals surface area contributed by atoms with Crippen LogP contribution in [0.4, 0.5) is 11.4 Å². The number of rotatable bonds is 2. The van der Waals surface area contributed by atoms with Crippen molar-refractivity contribution in [3.63, 3.8) is 0 Å². The Morgan fingerprint density at radius 1 is 1.31 bits per heavy atom. The number of nitrogens with zero attached hydrogens (tertiary/aromatic N) is 2. The van der Waals surface area contributed by atoms with Crippen molar-refractivity contribution in [3.8, 4) is 5.75 Å². The van der Waals surface area contributed by atoms with Gasteiger partial charge in [0.2, 0.25) is 0 Å². The molecule has 2 heterocycles. The first-order chi connectivity index (χ1) is 12.3. The Balaban J connectivity index is 1.84. The van der Waals surface area contributed by atoms with Crippen LogP contribution < -0.4 is 15.0 Å². The van der Waals surface area contributed by atoms with Crippen molar-refractivity contribution in [2.75, 3.05) is 4.90 Å². The van der Waals surface area contributed by atoms with E-state index in [0.717, 1.165) is 16.8 Å². The lowest BCUT2D eigenvalue weighted by Gasteiger charge is -2.56. The van der Waals surface area contributed by atoms with E-state index in [-0.39, 0.29) is 22.6 Å². The van der Waals surface area contributed by atoms with E-state index in [2.05, 4.69) is 18.3 Å². The van der Waals surface area contributed by atoms with Crippen molar-refractivity contribution in [1.82, 2.24) is 5.32 Å². The van der Waals surface area contributed by atoms with Gasteiger partial charge in [0, 0.05) is 29.3 Å². The molecule has 2 aromatic rings. The van der Waals surface area contributed by atoms with Gasteiger partial charge in [-0.15, -0.1) is 0 Å². The summed E-state index contributed by atoms with van der Waals surface area (Å²) in [6.07, 6.45) is 0. The predicted molar refractivity (Wildman–Crippen MR) is 103 cm³/mol. The monoisotopic (exact) mass is 369 g/mol. The number of nitro benzene ring substituents is 1. The number of anilines is 1. The summed E-state index contributed by atoms with van der Waals surface area (Å²) in [5, 5.41) is 15.1. The summed E-state index contributed by atoms with van der Waals surface area (Å²) in [5.74, 6) is 0.665. The van der Waals surface area contributed by atoms with E-state index >= 15 is 0 Å². The van der Waals surface area contributed by atoms with Crippen molar-refractivity contribution in [1.29, 1.82) is 0 Å². The van der Waals surface area contributed by atoms with Crippen LogP contribution in [0.1, 0.15) is 31.0 Å². The summed E-state index contributed by atoms with van der Waals surface area (Å²) in [6, 6.07) is 12.7. The summed E-state index contributed by atoms with van der Waals surface area (Å²) in [4.78, 5) is 12.8. The summed E-state index contributed by atoms with van der Waals surface area (Å²) in [5.41, 5.74) is 2.23. The quantitative estimate of drug-likeness (QED) is 0.489. The van der Waals surface area contributed by atoms with Crippen molar-refractivity contribution in [2.45, 2.75) is 32.5 Å². The van der Waals surface area contributed by atoms with E-state index in [1.54, 1.807) is 12.1 Å². The van der Waals surface area contributed by atoms with Gasteiger partial charge in [-0.2, -0.15) is 0 Å². The largest absolute Gasteiger partial charge is 0.467 e. The Morgan fingerprint density at radius 2 is 2.08 bits per heavy atom. The van der Waals surface area contributed by atoms with Crippen LogP contribution in [0.5, 0.6) is 5.75 Å². The highest BCUT2D eigenvalue weighted by Crippen LogP contribution is 2.49. The Morgan fingerprint density at radius 3 is 2.77 bits per heavy atom. The number of benzene rings is 2. The maximum atomic E-state index is 11.1. The maximum Gasteiger partial charge on any atom is 0.270 e. The van der Waals surface area contributed by atoms with Crippen LogP contribution in [0.3, 0.4) is 0 Å². The van der Waals surface area contributed by atoms with Gasteiger partial charge in [-0.25, -0.2) is 0 Å². The molecule has 2 aliphatic heterocycles. The summed E-state index contributed by atoms with van der Waals surface area (Å²) >= 11 is 5.65. The molecule has 1 saturated heterocycles. The number of ether oxygens (including phenoxy) is 1. The first-order valence-electron chi connectivity index (χ1n) is 8.46. The molecule has 0 spiro atoms. The zero-order chi connectivity index (χ0) is 18.6. The van der Waals surface area contributed by atoms with Gasteiger partial charge in [0.05, 0.1) is 11.0 Å². The SMILES string of the molecule is Cc1cccc(N2C(=S)N[C@H]3c4cc([N+](=O)[O-])ccc4O[C@@]2(C)[C@H]3C)c1. The lowest BCUT2D eigenvalue weighted by molar-refractivity contribution is -0.385. The molecule has 1 fully saturated rings. The number of thiocarbonyl (C=S) groups is 1. The second-order valence-electron chi connectivity index (χ2n) is 7.03. The number of nitro groups is 1. The molecule has 1 N–H and O–H groups in total. The molecule has 2 bridgehead atoms. The number of aryl methyl sites for hydroxylation is 1. The highest BCUT2D eigenvalue weighted by Gasteiger charge is 2.54. The number of hydrogen-bond acceptors (Lipinski definition) is 4. The molecule has 0 aliphatic carbocycles. The minimum Gasteiger partial charge on any atom is -0.467 e. The first kappa shape index (κ1) is 16.8. The summed E-state index contributed by atoms with van der Waals surface area (Å²) in [6.45, 7) is 6.13. The average Bonchev–Trinajstić information content (AvgIpc) is 2.57. The molecule has 0 unspecified atom stereocenters. The van der Waals surface area contributed by atoms with E-state index in [9.17, 15) is 10.1 Å². The number of fused-ring (bicyclic) bond motifs is 4. The Hall–Kier alpha value is -2.67. The lowest BCUT2D eigenvalue weighted by Crippen LogP contribution is -2.69. The van der Waals surface area contributed by atoms with Crippen molar-refractivity contribution < 1.29 is 9.66 Å². The highest BCUT2D eigenvalue weighted by molar-refractivity contribution is 7.80. The topological polar surface area (TPSA) is 67.6 Å².